The van der Waals surface area contributed by atoms with Crippen LogP contribution in [0.4, 0.5) is 0 Å². The Morgan fingerprint density at radius 2 is 2.20 bits per heavy atom. The zero-order valence-electron chi connectivity index (χ0n) is 11.5. The van der Waals surface area contributed by atoms with Gasteiger partial charge in [0, 0.05) is 18.5 Å². The molecule has 2 heterocycles. The number of aromatic nitrogens is 2. The van der Waals surface area contributed by atoms with Crippen molar-refractivity contribution in [2.45, 2.75) is 20.4 Å². The molecule has 0 saturated carbocycles. The Balaban J connectivity index is 2.06. The van der Waals surface area contributed by atoms with Crippen LogP contribution in [0.3, 0.4) is 0 Å². The van der Waals surface area contributed by atoms with E-state index in [1.54, 1.807) is 17.4 Å². The van der Waals surface area contributed by atoms with E-state index in [1.807, 2.05) is 31.4 Å². The fourth-order valence-corrected chi connectivity index (χ4v) is 2.34. The molecule has 0 saturated heterocycles. The average molecular weight is 291 g/mol. The van der Waals surface area contributed by atoms with Crippen LogP contribution < -0.4 is 10.9 Å². The number of hydrogen-bond donors (Lipinski definition) is 1. The second-order valence-corrected chi connectivity index (χ2v) is 5.65. The lowest BCUT2D eigenvalue weighted by atomic mass is 10.2. The van der Waals surface area contributed by atoms with E-state index < -0.39 is 0 Å². The maximum absolute atomic E-state index is 11.7. The summed E-state index contributed by atoms with van der Waals surface area (Å²) in [4.78, 5) is 24.2. The number of nitrogens with zero attached hydrogens (tertiary/aromatic N) is 2. The van der Waals surface area contributed by atoms with Crippen molar-refractivity contribution in [1.82, 2.24) is 15.1 Å². The standard InChI is InChI=1S/C14H17N3O2S/c1-10(2)14(19)15-7-8-17-13(18)6-5-11(16-17)12-4-3-9-20-12/h3-6,9-10H,7-8H2,1-2H3,(H,15,19). The smallest absolute Gasteiger partial charge is 0.266 e. The van der Waals surface area contributed by atoms with Crippen LogP contribution in [0, 0.1) is 5.92 Å². The summed E-state index contributed by atoms with van der Waals surface area (Å²) in [5, 5.41) is 9.06. The van der Waals surface area contributed by atoms with E-state index in [4.69, 9.17) is 0 Å². The molecule has 2 rings (SSSR count). The molecule has 2 aromatic heterocycles. The van der Waals surface area contributed by atoms with Crippen molar-refractivity contribution in [1.29, 1.82) is 0 Å². The maximum Gasteiger partial charge on any atom is 0.266 e. The van der Waals surface area contributed by atoms with Gasteiger partial charge in [0.1, 0.15) is 5.69 Å². The van der Waals surface area contributed by atoms with Crippen LogP contribution in [0.1, 0.15) is 13.8 Å². The molecule has 0 fully saturated rings. The predicted octanol–water partition coefficient (Wildman–Crippen LogP) is 1.74. The number of amides is 1. The number of carbonyl (C=O) groups is 1. The van der Waals surface area contributed by atoms with Crippen LogP contribution >= 0.6 is 11.3 Å². The molecular weight excluding hydrogens is 274 g/mol. The summed E-state index contributed by atoms with van der Waals surface area (Å²) in [6, 6.07) is 7.13. The highest BCUT2D eigenvalue weighted by Crippen LogP contribution is 2.20. The van der Waals surface area contributed by atoms with E-state index in [9.17, 15) is 9.59 Å². The van der Waals surface area contributed by atoms with E-state index >= 15 is 0 Å². The molecule has 0 radical (unpaired) electrons. The molecule has 20 heavy (non-hydrogen) atoms. The molecule has 0 aromatic carbocycles. The molecule has 0 aliphatic rings. The average Bonchev–Trinajstić information content (AvgIpc) is 2.94. The number of hydrogen-bond acceptors (Lipinski definition) is 4. The summed E-state index contributed by atoms with van der Waals surface area (Å²) < 4.78 is 1.38. The van der Waals surface area contributed by atoms with Crippen molar-refractivity contribution in [2.75, 3.05) is 6.54 Å². The first-order chi connectivity index (χ1) is 9.58. The molecule has 5 nitrogen and oxygen atoms in total. The fourth-order valence-electron chi connectivity index (χ4n) is 1.65. The van der Waals surface area contributed by atoms with Crippen LogP contribution in [0.25, 0.3) is 10.6 Å². The number of nitrogens with one attached hydrogen (secondary N) is 1. The highest BCUT2D eigenvalue weighted by molar-refractivity contribution is 7.13. The summed E-state index contributed by atoms with van der Waals surface area (Å²) in [6.45, 7) is 4.43. The minimum atomic E-state index is -0.163. The predicted molar refractivity (Wildman–Crippen MR) is 79.7 cm³/mol. The first-order valence-corrected chi connectivity index (χ1v) is 7.35. The molecule has 1 N–H and O–H groups in total. The fraction of sp³-hybridized carbons (Fsp3) is 0.357. The highest BCUT2D eigenvalue weighted by Gasteiger charge is 2.07. The van der Waals surface area contributed by atoms with Gasteiger partial charge >= 0.3 is 0 Å². The third kappa shape index (κ3) is 3.54. The molecular formula is C14H17N3O2S. The van der Waals surface area contributed by atoms with Gasteiger partial charge < -0.3 is 5.32 Å². The van der Waals surface area contributed by atoms with Crippen molar-refractivity contribution >= 4 is 17.2 Å². The lowest BCUT2D eigenvalue weighted by molar-refractivity contribution is -0.124. The topological polar surface area (TPSA) is 64.0 Å². The molecule has 0 bridgehead atoms. The molecule has 106 valence electrons. The second kappa shape index (κ2) is 6.47. The molecule has 0 unspecified atom stereocenters. The lowest BCUT2D eigenvalue weighted by Crippen LogP contribution is -2.33. The Hall–Kier alpha value is -1.95. The molecule has 6 heteroatoms. The summed E-state index contributed by atoms with van der Waals surface area (Å²) in [5.41, 5.74) is 0.610. The van der Waals surface area contributed by atoms with Crippen molar-refractivity contribution in [3.63, 3.8) is 0 Å². The minimum Gasteiger partial charge on any atom is -0.354 e. The van der Waals surface area contributed by atoms with E-state index in [0.717, 1.165) is 10.6 Å². The first kappa shape index (κ1) is 14.5. The molecule has 0 atom stereocenters. The molecule has 2 aromatic rings. The van der Waals surface area contributed by atoms with Gasteiger partial charge in [-0.1, -0.05) is 19.9 Å². The van der Waals surface area contributed by atoms with Gasteiger partial charge in [-0.3, -0.25) is 9.59 Å². The molecule has 0 aliphatic carbocycles. The number of thiophene rings is 1. The Labute approximate surface area is 121 Å². The van der Waals surface area contributed by atoms with Gasteiger partial charge in [-0.2, -0.15) is 5.10 Å². The zero-order valence-corrected chi connectivity index (χ0v) is 12.3. The Morgan fingerprint density at radius 1 is 1.40 bits per heavy atom. The van der Waals surface area contributed by atoms with Crippen LogP contribution in [0.5, 0.6) is 0 Å². The van der Waals surface area contributed by atoms with Gasteiger partial charge in [0.05, 0.1) is 11.4 Å². The van der Waals surface area contributed by atoms with Gasteiger partial charge in [-0.25, -0.2) is 4.68 Å². The monoisotopic (exact) mass is 291 g/mol. The lowest BCUT2D eigenvalue weighted by Gasteiger charge is -2.09. The van der Waals surface area contributed by atoms with Gasteiger partial charge in [0.15, 0.2) is 0 Å². The van der Waals surface area contributed by atoms with E-state index in [1.165, 1.54) is 10.7 Å². The van der Waals surface area contributed by atoms with Gasteiger partial charge in [0.2, 0.25) is 5.91 Å². The first-order valence-electron chi connectivity index (χ1n) is 6.47. The summed E-state index contributed by atoms with van der Waals surface area (Å²) in [5.74, 6) is -0.0791. The Morgan fingerprint density at radius 3 is 2.85 bits per heavy atom. The van der Waals surface area contributed by atoms with Crippen molar-refractivity contribution < 1.29 is 4.79 Å². The third-order valence-corrected chi connectivity index (χ3v) is 3.68. The second-order valence-electron chi connectivity index (χ2n) is 4.70. The van der Waals surface area contributed by atoms with Crippen LogP contribution in [0.2, 0.25) is 0 Å². The molecule has 0 spiro atoms. The van der Waals surface area contributed by atoms with Crippen LogP contribution in [-0.2, 0) is 11.3 Å². The summed E-state index contributed by atoms with van der Waals surface area (Å²) in [6.07, 6.45) is 0. The normalized spacial score (nSPS) is 10.8. The highest BCUT2D eigenvalue weighted by atomic mass is 32.1. The summed E-state index contributed by atoms with van der Waals surface area (Å²) >= 11 is 1.58. The third-order valence-electron chi connectivity index (χ3n) is 2.79. The van der Waals surface area contributed by atoms with Crippen LogP contribution in [0.15, 0.2) is 34.4 Å². The van der Waals surface area contributed by atoms with Gasteiger partial charge in [-0.15, -0.1) is 11.3 Å². The van der Waals surface area contributed by atoms with Crippen molar-refractivity contribution in [3.8, 4) is 10.6 Å². The molecule has 1 amide bonds. The van der Waals surface area contributed by atoms with E-state index in [-0.39, 0.29) is 17.4 Å². The Kier molecular flexibility index (Phi) is 4.68. The van der Waals surface area contributed by atoms with E-state index in [2.05, 4.69) is 10.4 Å². The minimum absolute atomic E-state index is 0.0209. The van der Waals surface area contributed by atoms with Crippen molar-refractivity contribution in [3.05, 3.63) is 40.0 Å². The SMILES string of the molecule is CC(C)C(=O)NCCn1nc(-c2cccs2)ccc1=O. The number of carbonyl (C=O) groups excluding carboxylic acids is 1. The Bertz CT molecular complexity index is 632. The largest absolute Gasteiger partial charge is 0.354 e. The van der Waals surface area contributed by atoms with Crippen LogP contribution in [-0.4, -0.2) is 22.2 Å². The maximum atomic E-state index is 11.7. The zero-order chi connectivity index (χ0) is 14.5. The van der Waals surface area contributed by atoms with Gasteiger partial charge in [0.25, 0.3) is 5.56 Å². The molecule has 0 aliphatic heterocycles. The quantitative estimate of drug-likeness (QED) is 0.912. The number of rotatable bonds is 5. The van der Waals surface area contributed by atoms with Crippen molar-refractivity contribution in [2.24, 2.45) is 5.92 Å². The summed E-state index contributed by atoms with van der Waals surface area (Å²) in [7, 11) is 0. The van der Waals surface area contributed by atoms with E-state index in [0.29, 0.717) is 13.1 Å². The van der Waals surface area contributed by atoms with Gasteiger partial charge in [-0.05, 0) is 17.5 Å².